The van der Waals surface area contributed by atoms with E-state index in [0.717, 1.165) is 12.0 Å². The highest BCUT2D eigenvalue weighted by molar-refractivity contribution is 6.09. The largest absolute Gasteiger partial charge is 0.493 e. The van der Waals surface area contributed by atoms with Crippen LogP contribution in [-0.2, 0) is 4.79 Å². The summed E-state index contributed by atoms with van der Waals surface area (Å²) in [5.41, 5.74) is 9.53. The molecule has 0 saturated carbocycles. The number of nitrogens with zero attached hydrogens (tertiary/aromatic N) is 2. The first-order chi connectivity index (χ1) is 17.9. The number of anilines is 1. The quantitative estimate of drug-likeness (QED) is 0.479. The molecular formula is C29H34N4O4. The van der Waals surface area contributed by atoms with Crippen molar-refractivity contribution in [3.05, 3.63) is 83.6 Å². The molecule has 194 valence electrons. The fraction of sp³-hybridized carbons (Fsp3) is 0.276. The van der Waals surface area contributed by atoms with Gasteiger partial charge in [0.05, 0.1) is 25.6 Å². The van der Waals surface area contributed by atoms with Crippen LogP contribution in [0.5, 0.6) is 11.5 Å². The Morgan fingerprint density at radius 2 is 1.76 bits per heavy atom. The molecule has 8 heteroatoms. The second-order valence-corrected chi connectivity index (χ2v) is 8.30. The zero-order chi connectivity index (χ0) is 26.8. The van der Waals surface area contributed by atoms with Crippen LogP contribution < -0.4 is 20.5 Å². The number of hydrogen-bond acceptors (Lipinski definition) is 6. The number of nitrogens with one attached hydrogen (secondary N) is 1. The van der Waals surface area contributed by atoms with Gasteiger partial charge in [0.25, 0.3) is 11.8 Å². The molecule has 0 unspecified atom stereocenters. The second kappa shape index (κ2) is 13.1. The second-order valence-electron chi connectivity index (χ2n) is 8.30. The average molecular weight is 503 g/mol. The molecule has 0 radical (unpaired) electrons. The van der Waals surface area contributed by atoms with Gasteiger partial charge in [-0.05, 0) is 81.3 Å². The third-order valence-electron chi connectivity index (χ3n) is 5.93. The van der Waals surface area contributed by atoms with Gasteiger partial charge in [-0.3, -0.25) is 14.6 Å². The van der Waals surface area contributed by atoms with Crippen molar-refractivity contribution >= 4 is 28.9 Å². The Balaban J connectivity index is 1.77. The van der Waals surface area contributed by atoms with E-state index in [9.17, 15) is 9.59 Å². The monoisotopic (exact) mass is 502 g/mol. The van der Waals surface area contributed by atoms with Gasteiger partial charge in [0.1, 0.15) is 0 Å². The highest BCUT2D eigenvalue weighted by Gasteiger charge is 2.14. The Bertz CT molecular complexity index is 1240. The maximum atomic E-state index is 12.8. The summed E-state index contributed by atoms with van der Waals surface area (Å²) in [6.07, 6.45) is 8.90. The van der Waals surface area contributed by atoms with Crippen molar-refractivity contribution in [3.8, 4) is 11.5 Å². The molecule has 1 heterocycles. The molecule has 0 aromatic heterocycles. The van der Waals surface area contributed by atoms with E-state index in [-0.39, 0.29) is 11.6 Å². The number of aliphatic imine (C=N–C) groups is 1. The minimum absolute atomic E-state index is 0.0401. The van der Waals surface area contributed by atoms with E-state index in [4.69, 9.17) is 20.2 Å². The average Bonchev–Trinajstić information content (AvgIpc) is 2.90. The van der Waals surface area contributed by atoms with E-state index >= 15 is 0 Å². The lowest BCUT2D eigenvalue weighted by Crippen LogP contribution is -2.30. The number of carbonyl (C=O) groups is 2. The molecule has 0 aliphatic carbocycles. The lowest BCUT2D eigenvalue weighted by Gasteiger charge is -2.18. The third-order valence-corrected chi connectivity index (χ3v) is 5.93. The summed E-state index contributed by atoms with van der Waals surface area (Å²) in [4.78, 5) is 31.8. The Hall–Kier alpha value is -4.33. The van der Waals surface area contributed by atoms with Crippen LogP contribution in [0.25, 0.3) is 5.70 Å². The van der Waals surface area contributed by atoms with Gasteiger partial charge in [-0.2, -0.15) is 0 Å². The van der Waals surface area contributed by atoms with Crippen LogP contribution in [0.4, 0.5) is 5.69 Å². The van der Waals surface area contributed by atoms with Crippen molar-refractivity contribution in [3.63, 3.8) is 0 Å². The van der Waals surface area contributed by atoms with Crippen LogP contribution in [0, 0.1) is 0 Å². The van der Waals surface area contributed by atoms with Crippen LogP contribution in [0.3, 0.4) is 0 Å². The molecule has 8 nitrogen and oxygen atoms in total. The fourth-order valence-corrected chi connectivity index (χ4v) is 3.83. The number of hydrogen-bond donors (Lipinski definition) is 2. The number of rotatable bonds is 9. The number of amides is 2. The summed E-state index contributed by atoms with van der Waals surface area (Å²) in [6, 6.07) is 12.4. The minimum Gasteiger partial charge on any atom is -0.493 e. The predicted molar refractivity (Wildman–Crippen MR) is 148 cm³/mol. The van der Waals surface area contributed by atoms with Crippen molar-refractivity contribution in [2.45, 2.75) is 26.7 Å². The molecule has 0 atom stereocenters. The summed E-state index contributed by atoms with van der Waals surface area (Å²) in [5, 5.41) is 2.78. The molecule has 0 fully saturated rings. The molecule has 3 N–H and O–H groups in total. The first-order valence-corrected chi connectivity index (χ1v) is 12.2. The first-order valence-electron chi connectivity index (χ1n) is 12.2. The Morgan fingerprint density at radius 1 is 1.05 bits per heavy atom. The molecule has 2 aromatic carbocycles. The van der Waals surface area contributed by atoms with E-state index in [1.807, 2.05) is 50.3 Å². The first kappa shape index (κ1) is 27.3. The Kier molecular flexibility index (Phi) is 9.66. The van der Waals surface area contributed by atoms with E-state index < -0.39 is 5.91 Å². The van der Waals surface area contributed by atoms with Gasteiger partial charge in [-0.1, -0.05) is 12.2 Å². The van der Waals surface area contributed by atoms with Crippen LogP contribution in [0.2, 0.25) is 0 Å². The van der Waals surface area contributed by atoms with E-state index in [1.165, 1.54) is 0 Å². The number of benzene rings is 2. The number of methoxy groups -OCH3 is 2. The van der Waals surface area contributed by atoms with Gasteiger partial charge < -0.3 is 25.4 Å². The Labute approximate surface area is 218 Å². The van der Waals surface area contributed by atoms with Crippen molar-refractivity contribution in [1.82, 2.24) is 4.90 Å². The molecule has 1 aliphatic heterocycles. The van der Waals surface area contributed by atoms with Crippen molar-refractivity contribution in [2.24, 2.45) is 10.7 Å². The molecule has 0 spiro atoms. The van der Waals surface area contributed by atoms with Crippen LogP contribution in [0.15, 0.2) is 77.5 Å². The summed E-state index contributed by atoms with van der Waals surface area (Å²) in [6.45, 7) is 5.15. The van der Waals surface area contributed by atoms with Gasteiger partial charge >= 0.3 is 0 Å². The smallest absolute Gasteiger partial charge is 0.271 e. The standard InChI is InChI=1S/C29H34N4O4/c1-5-33(6-2)29(35)20-12-15-22(16-13-20)32-28(34)24(30)19-23-10-8-7-9-11-25(31-23)21-14-17-26(36-3)27(18-21)37-4/h7,9,11-19H,5-6,8,10,30H2,1-4H3,(H,32,34)/b9-7-,24-19?,25-11-,31-23?. The number of allylic oxidation sites excluding steroid dienone is 4. The minimum atomic E-state index is -0.445. The van der Waals surface area contributed by atoms with E-state index in [2.05, 4.69) is 5.32 Å². The van der Waals surface area contributed by atoms with Crippen LogP contribution >= 0.6 is 0 Å². The van der Waals surface area contributed by atoms with Crippen molar-refractivity contribution in [2.75, 3.05) is 32.6 Å². The highest BCUT2D eigenvalue weighted by Crippen LogP contribution is 2.31. The van der Waals surface area contributed by atoms with Crippen LogP contribution in [-0.4, -0.2) is 49.7 Å². The molecule has 0 saturated heterocycles. The predicted octanol–water partition coefficient (Wildman–Crippen LogP) is 4.80. The maximum absolute atomic E-state index is 12.8. The third kappa shape index (κ3) is 7.10. The van der Waals surface area contributed by atoms with Gasteiger partial charge in [-0.15, -0.1) is 0 Å². The molecule has 37 heavy (non-hydrogen) atoms. The van der Waals surface area contributed by atoms with Gasteiger partial charge in [0.15, 0.2) is 11.5 Å². The number of carbonyl (C=O) groups excluding carboxylic acids is 2. The Morgan fingerprint density at radius 3 is 2.41 bits per heavy atom. The maximum Gasteiger partial charge on any atom is 0.271 e. The number of ether oxygens (including phenoxy) is 2. The molecule has 2 aromatic rings. The van der Waals surface area contributed by atoms with E-state index in [1.54, 1.807) is 49.5 Å². The lowest BCUT2D eigenvalue weighted by atomic mass is 10.1. The zero-order valence-electron chi connectivity index (χ0n) is 21.8. The van der Waals surface area contributed by atoms with E-state index in [0.29, 0.717) is 53.7 Å². The topological polar surface area (TPSA) is 106 Å². The highest BCUT2D eigenvalue weighted by atomic mass is 16.5. The van der Waals surface area contributed by atoms with Gasteiger partial charge in [-0.25, -0.2) is 0 Å². The SMILES string of the molecule is CCN(CC)C(=O)c1ccc(NC(=O)C(N)=CC2=N/C(c3ccc(OC)c(OC)c3)=C\C=C/CC2)cc1. The number of nitrogens with two attached hydrogens (primary N) is 1. The van der Waals surface area contributed by atoms with Crippen molar-refractivity contribution < 1.29 is 19.1 Å². The molecular weight excluding hydrogens is 468 g/mol. The molecule has 0 bridgehead atoms. The molecule has 2 amide bonds. The van der Waals surface area contributed by atoms with Crippen molar-refractivity contribution in [1.29, 1.82) is 0 Å². The molecule has 1 aliphatic rings. The summed E-state index contributed by atoms with van der Waals surface area (Å²) >= 11 is 0. The fourth-order valence-electron chi connectivity index (χ4n) is 3.83. The lowest BCUT2D eigenvalue weighted by molar-refractivity contribution is -0.112. The summed E-state index contributed by atoms with van der Waals surface area (Å²) in [5.74, 6) is 0.739. The van der Waals surface area contributed by atoms with Gasteiger partial charge in [0.2, 0.25) is 0 Å². The molecule has 3 rings (SSSR count). The zero-order valence-corrected chi connectivity index (χ0v) is 21.8. The van der Waals surface area contributed by atoms with Gasteiger partial charge in [0, 0.05) is 35.6 Å². The summed E-state index contributed by atoms with van der Waals surface area (Å²) < 4.78 is 10.7. The van der Waals surface area contributed by atoms with Crippen LogP contribution in [0.1, 0.15) is 42.6 Å². The normalized spacial score (nSPS) is 15.8. The summed E-state index contributed by atoms with van der Waals surface area (Å²) in [7, 11) is 3.17.